The van der Waals surface area contributed by atoms with Gasteiger partial charge in [-0.25, -0.2) is 4.98 Å². The summed E-state index contributed by atoms with van der Waals surface area (Å²) in [4.78, 5) is 11.8. The molecule has 0 aromatic carbocycles. The molecule has 0 bridgehead atoms. The van der Waals surface area contributed by atoms with Crippen LogP contribution in [0.5, 0.6) is 0 Å². The van der Waals surface area contributed by atoms with Crippen LogP contribution in [-0.2, 0) is 6.42 Å². The largest absolute Gasteiger partial charge is 0.396 e. The lowest BCUT2D eigenvalue weighted by Gasteiger charge is -2.07. The molecule has 0 aliphatic heterocycles. The Bertz CT molecular complexity index is 639. The molecule has 0 radical (unpaired) electrons. The normalized spacial score (nSPS) is 10.6. The van der Waals surface area contributed by atoms with Crippen LogP contribution in [0.2, 0.25) is 0 Å². The summed E-state index contributed by atoms with van der Waals surface area (Å²) in [5.74, 6) is 0.694. The van der Waals surface area contributed by atoms with E-state index in [1.165, 1.54) is 0 Å². The van der Waals surface area contributed by atoms with Crippen molar-refractivity contribution in [3.63, 3.8) is 0 Å². The molecule has 0 unspecified atom stereocenters. The molecule has 118 valence electrons. The van der Waals surface area contributed by atoms with Crippen molar-refractivity contribution in [3.05, 3.63) is 46.0 Å². The molecular formula is C16H22N4OS. The lowest BCUT2D eigenvalue weighted by molar-refractivity contribution is 0.283. The molecule has 2 aromatic rings. The quantitative estimate of drug-likeness (QED) is 0.515. The number of aromatic amines is 1. The maximum atomic E-state index is 8.73. The summed E-state index contributed by atoms with van der Waals surface area (Å²) in [6.45, 7) is 3.04. The molecular weight excluding hydrogens is 296 g/mol. The number of hydrogen-bond donors (Lipinski definition) is 3. The highest BCUT2D eigenvalue weighted by molar-refractivity contribution is 7.71. The lowest BCUT2D eigenvalue weighted by atomic mass is 10.1. The van der Waals surface area contributed by atoms with Gasteiger partial charge in [0.2, 0.25) is 5.95 Å². The summed E-state index contributed by atoms with van der Waals surface area (Å²) >= 11 is 5.40. The molecule has 0 saturated carbocycles. The van der Waals surface area contributed by atoms with E-state index in [0.29, 0.717) is 10.6 Å². The fraction of sp³-hybridized carbons (Fsp3) is 0.438. The highest BCUT2D eigenvalue weighted by Crippen LogP contribution is 2.10. The number of H-pyrrole nitrogens is 1. The van der Waals surface area contributed by atoms with Gasteiger partial charge in [-0.15, -0.1) is 0 Å². The number of hydrogen-bond acceptors (Lipinski definition) is 5. The van der Waals surface area contributed by atoms with Gasteiger partial charge in [-0.05, 0) is 37.8 Å². The van der Waals surface area contributed by atoms with Crippen molar-refractivity contribution in [3.8, 4) is 0 Å². The van der Waals surface area contributed by atoms with Gasteiger partial charge in [-0.1, -0.05) is 18.3 Å². The predicted molar refractivity (Wildman–Crippen MR) is 90.6 cm³/mol. The summed E-state index contributed by atoms with van der Waals surface area (Å²) < 4.78 is 0.702. The van der Waals surface area contributed by atoms with Gasteiger partial charge in [0.1, 0.15) is 4.64 Å². The molecule has 0 amide bonds. The number of aryl methyl sites for hydroxylation is 1. The Hall–Kier alpha value is -1.79. The molecule has 22 heavy (non-hydrogen) atoms. The Labute approximate surface area is 135 Å². The van der Waals surface area contributed by atoms with Crippen LogP contribution in [0.15, 0.2) is 24.5 Å². The van der Waals surface area contributed by atoms with Gasteiger partial charge in [0.15, 0.2) is 0 Å². The second-order valence-electron chi connectivity index (χ2n) is 5.28. The van der Waals surface area contributed by atoms with Gasteiger partial charge in [0.05, 0.1) is 0 Å². The zero-order valence-electron chi connectivity index (χ0n) is 12.8. The third kappa shape index (κ3) is 5.20. The van der Waals surface area contributed by atoms with Crippen LogP contribution in [-0.4, -0.2) is 33.2 Å². The maximum Gasteiger partial charge on any atom is 0.201 e. The zero-order valence-corrected chi connectivity index (χ0v) is 13.6. The van der Waals surface area contributed by atoms with E-state index in [0.717, 1.165) is 49.0 Å². The van der Waals surface area contributed by atoms with Crippen molar-refractivity contribution in [1.29, 1.82) is 0 Å². The summed E-state index contributed by atoms with van der Waals surface area (Å²) in [5, 5.41) is 11.9. The van der Waals surface area contributed by atoms with E-state index in [-0.39, 0.29) is 6.61 Å². The fourth-order valence-corrected chi connectivity index (χ4v) is 2.30. The Balaban J connectivity index is 1.92. The number of unbranched alkanes of at least 4 members (excludes halogenated alkanes) is 2. The van der Waals surface area contributed by atoms with Crippen molar-refractivity contribution < 1.29 is 5.11 Å². The molecule has 0 saturated heterocycles. The Morgan fingerprint density at radius 3 is 2.73 bits per heavy atom. The molecule has 0 atom stereocenters. The van der Waals surface area contributed by atoms with Crippen LogP contribution < -0.4 is 5.32 Å². The van der Waals surface area contributed by atoms with E-state index >= 15 is 0 Å². The average molecular weight is 318 g/mol. The first-order chi connectivity index (χ1) is 10.7. The number of aliphatic hydroxyl groups excluding tert-OH is 1. The molecule has 0 aliphatic rings. The van der Waals surface area contributed by atoms with Crippen LogP contribution in [0.3, 0.4) is 0 Å². The first-order valence-corrected chi connectivity index (χ1v) is 7.94. The number of pyridine rings is 1. The highest BCUT2D eigenvalue weighted by Gasteiger charge is 2.02. The SMILES string of the molecule is Cc1ccc(Cc2cnc(NCCCCCO)[nH]c2=S)cn1. The maximum absolute atomic E-state index is 8.73. The minimum absolute atomic E-state index is 0.253. The molecule has 2 heterocycles. The van der Waals surface area contributed by atoms with Gasteiger partial charge in [0, 0.05) is 43.2 Å². The lowest BCUT2D eigenvalue weighted by Crippen LogP contribution is -2.06. The first kappa shape index (κ1) is 16.6. The van der Waals surface area contributed by atoms with Gasteiger partial charge >= 0.3 is 0 Å². The summed E-state index contributed by atoms with van der Waals surface area (Å²) in [6, 6.07) is 4.06. The minimum Gasteiger partial charge on any atom is -0.396 e. The van der Waals surface area contributed by atoms with Crippen LogP contribution in [0.25, 0.3) is 0 Å². The average Bonchev–Trinajstić information content (AvgIpc) is 2.52. The third-order valence-electron chi connectivity index (χ3n) is 3.37. The molecule has 5 nitrogen and oxygen atoms in total. The minimum atomic E-state index is 0.253. The van der Waals surface area contributed by atoms with Crippen molar-refractivity contribution in [2.45, 2.75) is 32.6 Å². The van der Waals surface area contributed by atoms with Crippen molar-refractivity contribution >= 4 is 18.2 Å². The summed E-state index contributed by atoms with van der Waals surface area (Å²) in [7, 11) is 0. The smallest absolute Gasteiger partial charge is 0.201 e. The number of aliphatic hydroxyl groups is 1. The second kappa shape index (κ2) is 8.60. The van der Waals surface area contributed by atoms with Crippen molar-refractivity contribution in [2.75, 3.05) is 18.5 Å². The standard InChI is InChI=1S/C16H22N4OS/c1-12-5-6-13(10-18-12)9-14-11-19-16(20-15(14)22)17-7-3-2-4-8-21/h5-6,10-11,21H,2-4,7-9H2,1H3,(H2,17,19,20,22). The third-order valence-corrected chi connectivity index (χ3v) is 3.73. The summed E-state index contributed by atoms with van der Waals surface area (Å²) in [6.07, 6.45) is 7.26. The highest BCUT2D eigenvalue weighted by atomic mass is 32.1. The van der Waals surface area contributed by atoms with E-state index in [2.05, 4.69) is 26.3 Å². The number of rotatable bonds is 8. The summed E-state index contributed by atoms with van der Waals surface area (Å²) in [5.41, 5.74) is 3.12. The van der Waals surface area contributed by atoms with E-state index in [9.17, 15) is 0 Å². The molecule has 2 rings (SSSR count). The molecule has 6 heteroatoms. The number of nitrogens with zero attached hydrogens (tertiary/aromatic N) is 2. The van der Waals surface area contributed by atoms with Gasteiger partial charge < -0.3 is 15.4 Å². The molecule has 3 N–H and O–H groups in total. The van der Waals surface area contributed by atoms with Gasteiger partial charge in [0.25, 0.3) is 0 Å². The van der Waals surface area contributed by atoms with Crippen LogP contribution in [0.1, 0.15) is 36.1 Å². The Morgan fingerprint density at radius 1 is 1.18 bits per heavy atom. The Morgan fingerprint density at radius 2 is 2.05 bits per heavy atom. The van der Waals surface area contributed by atoms with Crippen LogP contribution in [0, 0.1) is 11.6 Å². The van der Waals surface area contributed by atoms with E-state index in [1.54, 1.807) is 0 Å². The van der Waals surface area contributed by atoms with Gasteiger partial charge in [-0.2, -0.15) is 0 Å². The molecule has 0 aliphatic carbocycles. The fourth-order valence-electron chi connectivity index (χ4n) is 2.08. The van der Waals surface area contributed by atoms with E-state index < -0.39 is 0 Å². The van der Waals surface area contributed by atoms with Crippen LogP contribution in [0.4, 0.5) is 5.95 Å². The number of nitrogens with one attached hydrogen (secondary N) is 2. The number of anilines is 1. The Kier molecular flexibility index (Phi) is 6.48. The van der Waals surface area contributed by atoms with E-state index in [1.807, 2.05) is 25.4 Å². The van der Waals surface area contributed by atoms with E-state index in [4.69, 9.17) is 17.3 Å². The van der Waals surface area contributed by atoms with Crippen molar-refractivity contribution in [1.82, 2.24) is 15.0 Å². The van der Waals surface area contributed by atoms with Crippen molar-refractivity contribution in [2.24, 2.45) is 0 Å². The molecule has 2 aromatic heterocycles. The second-order valence-corrected chi connectivity index (χ2v) is 5.69. The zero-order chi connectivity index (χ0) is 15.8. The molecule has 0 fully saturated rings. The predicted octanol–water partition coefficient (Wildman–Crippen LogP) is 3.01. The molecule has 0 spiro atoms. The van der Waals surface area contributed by atoms with Crippen LogP contribution >= 0.6 is 12.2 Å². The van der Waals surface area contributed by atoms with Gasteiger partial charge in [-0.3, -0.25) is 4.98 Å². The number of aromatic nitrogens is 3. The monoisotopic (exact) mass is 318 g/mol. The first-order valence-electron chi connectivity index (χ1n) is 7.53. The topological polar surface area (TPSA) is 73.8 Å².